The molecule has 1 aromatic carbocycles. The molecule has 3 rings (SSSR count). The summed E-state index contributed by atoms with van der Waals surface area (Å²) in [6.07, 6.45) is 0. The second-order valence-electron chi connectivity index (χ2n) is 5.25. The van der Waals surface area contributed by atoms with Gasteiger partial charge < -0.3 is 4.74 Å². The fourth-order valence-corrected chi connectivity index (χ4v) is 2.27. The van der Waals surface area contributed by atoms with E-state index in [0.29, 0.717) is 5.78 Å². The van der Waals surface area contributed by atoms with Crippen LogP contribution >= 0.6 is 0 Å². The average Bonchev–Trinajstić information content (AvgIpc) is 2.89. The van der Waals surface area contributed by atoms with Gasteiger partial charge in [0.05, 0.1) is 0 Å². The van der Waals surface area contributed by atoms with Gasteiger partial charge in [-0.05, 0) is 32.4 Å². The molecule has 22 heavy (non-hydrogen) atoms. The highest BCUT2D eigenvalue weighted by atomic mass is 16.5. The number of rotatable bonds is 3. The monoisotopic (exact) mass is 296 g/mol. The lowest BCUT2D eigenvalue weighted by atomic mass is 10.1. The van der Waals surface area contributed by atoms with E-state index >= 15 is 0 Å². The zero-order valence-corrected chi connectivity index (χ0v) is 12.7. The number of carbonyl (C=O) groups excluding carboxylic acids is 1. The van der Waals surface area contributed by atoms with Crippen molar-refractivity contribution in [2.75, 3.05) is 0 Å². The molecule has 0 unspecified atom stereocenters. The third-order valence-electron chi connectivity index (χ3n) is 3.25. The van der Waals surface area contributed by atoms with E-state index in [2.05, 4.69) is 15.1 Å². The Balaban J connectivity index is 1.79. The van der Waals surface area contributed by atoms with Crippen molar-refractivity contribution in [1.82, 2.24) is 19.6 Å². The Morgan fingerprint density at radius 2 is 2.00 bits per heavy atom. The average molecular weight is 296 g/mol. The summed E-state index contributed by atoms with van der Waals surface area (Å²) >= 11 is 0. The number of carbonyl (C=O) groups is 1. The van der Waals surface area contributed by atoms with Gasteiger partial charge in [0.25, 0.3) is 11.6 Å². The number of ether oxygens (including phenoxy) is 1. The molecule has 0 saturated carbocycles. The van der Waals surface area contributed by atoms with E-state index in [9.17, 15) is 4.79 Å². The van der Waals surface area contributed by atoms with Crippen LogP contribution < -0.4 is 0 Å². The molecule has 0 aliphatic heterocycles. The van der Waals surface area contributed by atoms with Gasteiger partial charge >= 0.3 is 5.97 Å². The molecule has 0 atom stereocenters. The Bertz CT molecular complexity index is 854. The van der Waals surface area contributed by atoms with Gasteiger partial charge in [0.15, 0.2) is 0 Å². The van der Waals surface area contributed by atoms with Crippen LogP contribution in [0.15, 0.2) is 30.3 Å². The molecule has 6 heteroatoms. The van der Waals surface area contributed by atoms with Crippen molar-refractivity contribution >= 4 is 11.7 Å². The second kappa shape index (κ2) is 5.55. The van der Waals surface area contributed by atoms with Gasteiger partial charge in [0.2, 0.25) is 0 Å². The van der Waals surface area contributed by atoms with Gasteiger partial charge in [-0.3, -0.25) is 0 Å². The van der Waals surface area contributed by atoms with Crippen LogP contribution in [0.1, 0.15) is 33.1 Å². The number of nitrogens with zero attached hydrogens (tertiary/aromatic N) is 4. The summed E-state index contributed by atoms with van der Waals surface area (Å²) in [6, 6.07) is 9.68. The molecule has 0 N–H and O–H groups in total. The summed E-state index contributed by atoms with van der Waals surface area (Å²) in [4.78, 5) is 20.5. The van der Waals surface area contributed by atoms with Crippen molar-refractivity contribution in [1.29, 1.82) is 0 Å². The maximum atomic E-state index is 12.1. The number of hydrogen-bond donors (Lipinski definition) is 0. The number of fused-ring (bicyclic) bond motifs is 1. The highest BCUT2D eigenvalue weighted by molar-refractivity contribution is 5.85. The van der Waals surface area contributed by atoms with E-state index in [-0.39, 0.29) is 12.4 Å². The van der Waals surface area contributed by atoms with Crippen molar-refractivity contribution < 1.29 is 9.53 Å². The van der Waals surface area contributed by atoms with Crippen molar-refractivity contribution in [2.45, 2.75) is 27.4 Å². The Labute approximate surface area is 127 Å². The minimum absolute atomic E-state index is 0.0221. The normalized spacial score (nSPS) is 10.9. The zero-order chi connectivity index (χ0) is 15.7. The van der Waals surface area contributed by atoms with Crippen molar-refractivity contribution in [3.8, 4) is 0 Å². The first-order valence-electron chi connectivity index (χ1n) is 6.96. The third kappa shape index (κ3) is 2.81. The van der Waals surface area contributed by atoms with E-state index in [1.165, 1.54) is 4.52 Å². The minimum Gasteiger partial charge on any atom is -0.455 e. The van der Waals surface area contributed by atoms with Gasteiger partial charge in [-0.1, -0.05) is 29.8 Å². The molecule has 2 heterocycles. The van der Waals surface area contributed by atoms with E-state index in [1.54, 1.807) is 0 Å². The summed E-state index contributed by atoms with van der Waals surface area (Å²) in [6.45, 7) is 5.95. The minimum atomic E-state index is -0.552. The Hall–Kier alpha value is -2.76. The molecular formula is C16H16N4O2. The highest BCUT2D eigenvalue weighted by Gasteiger charge is 2.16. The van der Waals surface area contributed by atoms with Gasteiger partial charge in [-0.25, -0.2) is 14.3 Å². The fourth-order valence-electron chi connectivity index (χ4n) is 2.27. The smallest absolute Gasteiger partial charge is 0.378 e. The van der Waals surface area contributed by atoms with Crippen LogP contribution in [0.25, 0.3) is 5.78 Å². The van der Waals surface area contributed by atoms with Crippen LogP contribution in [0.3, 0.4) is 0 Å². The zero-order valence-electron chi connectivity index (χ0n) is 12.7. The topological polar surface area (TPSA) is 69.4 Å². The van der Waals surface area contributed by atoms with E-state index < -0.39 is 5.97 Å². The SMILES string of the molecule is Cc1cccc(COC(=O)c2nc3nc(C)cc(C)n3n2)c1. The second-order valence-corrected chi connectivity index (χ2v) is 5.25. The van der Waals surface area contributed by atoms with Crippen LogP contribution in [0.5, 0.6) is 0 Å². The largest absolute Gasteiger partial charge is 0.455 e. The molecule has 2 aromatic heterocycles. The predicted octanol–water partition coefficient (Wildman–Crippen LogP) is 2.41. The molecule has 0 aliphatic rings. The summed E-state index contributed by atoms with van der Waals surface area (Å²) < 4.78 is 6.80. The van der Waals surface area contributed by atoms with Crippen LogP contribution in [0.4, 0.5) is 0 Å². The number of esters is 1. The van der Waals surface area contributed by atoms with Crippen LogP contribution in [0.2, 0.25) is 0 Å². The molecule has 0 fully saturated rings. The predicted molar refractivity (Wildman–Crippen MR) is 80.6 cm³/mol. The molecule has 112 valence electrons. The Kier molecular flexibility index (Phi) is 3.58. The molecule has 0 saturated heterocycles. The van der Waals surface area contributed by atoms with E-state index in [0.717, 1.165) is 22.5 Å². The van der Waals surface area contributed by atoms with Crippen molar-refractivity contribution in [2.24, 2.45) is 0 Å². The van der Waals surface area contributed by atoms with Gasteiger partial charge in [-0.15, -0.1) is 5.10 Å². The summed E-state index contributed by atoms with van der Waals surface area (Å²) in [7, 11) is 0. The lowest BCUT2D eigenvalue weighted by molar-refractivity contribution is 0.0458. The molecule has 0 bridgehead atoms. The summed E-state index contributed by atoms with van der Waals surface area (Å²) in [5.41, 5.74) is 3.75. The first-order chi connectivity index (χ1) is 10.5. The Morgan fingerprint density at radius 3 is 2.77 bits per heavy atom. The molecule has 6 nitrogen and oxygen atoms in total. The molecule has 0 radical (unpaired) electrons. The fraction of sp³-hybridized carbons (Fsp3) is 0.250. The van der Waals surface area contributed by atoms with E-state index in [4.69, 9.17) is 4.74 Å². The molecule has 0 spiro atoms. The standard InChI is InChI=1S/C16H16N4O2/c1-10-5-4-6-13(7-10)9-22-15(21)14-18-16-17-11(2)8-12(3)20(16)19-14/h4-8H,9H2,1-3H3. The quantitative estimate of drug-likeness (QED) is 0.694. The molecule has 3 aromatic rings. The van der Waals surface area contributed by atoms with Crippen LogP contribution in [-0.4, -0.2) is 25.6 Å². The van der Waals surface area contributed by atoms with Gasteiger partial charge in [0, 0.05) is 11.4 Å². The maximum Gasteiger partial charge on any atom is 0.378 e. The van der Waals surface area contributed by atoms with Crippen molar-refractivity contribution in [3.05, 3.63) is 58.7 Å². The van der Waals surface area contributed by atoms with Crippen LogP contribution in [-0.2, 0) is 11.3 Å². The third-order valence-corrected chi connectivity index (χ3v) is 3.25. The number of hydrogen-bond acceptors (Lipinski definition) is 5. The highest BCUT2D eigenvalue weighted by Crippen LogP contribution is 2.09. The summed E-state index contributed by atoms with van der Waals surface area (Å²) in [5, 5.41) is 4.15. The Morgan fingerprint density at radius 1 is 1.18 bits per heavy atom. The van der Waals surface area contributed by atoms with Crippen molar-refractivity contribution in [3.63, 3.8) is 0 Å². The van der Waals surface area contributed by atoms with E-state index in [1.807, 2.05) is 51.1 Å². The lowest BCUT2D eigenvalue weighted by Crippen LogP contribution is -2.08. The number of benzene rings is 1. The molecular weight excluding hydrogens is 280 g/mol. The molecule has 0 amide bonds. The summed E-state index contributed by atoms with van der Waals surface area (Å²) in [5.74, 6) is -0.127. The van der Waals surface area contributed by atoms with Gasteiger partial charge in [0.1, 0.15) is 6.61 Å². The first kappa shape index (κ1) is 14.2. The molecule has 0 aliphatic carbocycles. The van der Waals surface area contributed by atoms with Crippen LogP contribution in [0, 0.1) is 20.8 Å². The first-order valence-corrected chi connectivity index (χ1v) is 6.96. The maximum absolute atomic E-state index is 12.1. The number of aromatic nitrogens is 4. The number of aryl methyl sites for hydroxylation is 3. The van der Waals surface area contributed by atoms with Gasteiger partial charge in [-0.2, -0.15) is 4.98 Å². The lowest BCUT2D eigenvalue weighted by Gasteiger charge is -2.03.